The quantitative estimate of drug-likeness (QED) is 0.170. The highest BCUT2D eigenvalue weighted by molar-refractivity contribution is 6.76. The van der Waals surface area contributed by atoms with E-state index in [9.17, 15) is 5.26 Å². The van der Waals surface area contributed by atoms with Crippen molar-refractivity contribution in [2.75, 3.05) is 44.4 Å². The van der Waals surface area contributed by atoms with Crippen molar-refractivity contribution in [1.82, 2.24) is 4.57 Å². The van der Waals surface area contributed by atoms with Gasteiger partial charge in [-0.3, -0.25) is 0 Å². The average Bonchev–Trinajstić information content (AvgIpc) is 3.62. The average molecular weight is 576 g/mol. The number of nitriles is 1. The van der Waals surface area contributed by atoms with Gasteiger partial charge in [-0.05, 0) is 67.5 Å². The first-order chi connectivity index (χ1) is 19.8. The summed E-state index contributed by atoms with van der Waals surface area (Å²) in [5.74, 6) is 1.45. The van der Waals surface area contributed by atoms with Crippen LogP contribution in [0.1, 0.15) is 48.3 Å². The lowest BCUT2D eigenvalue weighted by molar-refractivity contribution is -0.0492. The zero-order valence-corrected chi connectivity index (χ0v) is 26.2. The lowest BCUT2D eigenvalue weighted by Crippen LogP contribution is -2.33. The summed E-state index contributed by atoms with van der Waals surface area (Å²) in [5, 5.41) is 11.0. The first kappa shape index (κ1) is 29.7. The second kappa shape index (κ2) is 13.4. The van der Waals surface area contributed by atoms with Crippen molar-refractivity contribution in [3.63, 3.8) is 0 Å². The van der Waals surface area contributed by atoms with Crippen LogP contribution in [0.25, 0.3) is 10.9 Å². The van der Waals surface area contributed by atoms with Crippen LogP contribution in [-0.2, 0) is 20.9 Å². The van der Waals surface area contributed by atoms with Crippen LogP contribution in [0.4, 0.5) is 5.69 Å². The van der Waals surface area contributed by atoms with Crippen LogP contribution >= 0.6 is 0 Å². The Balaban J connectivity index is 1.20. The van der Waals surface area contributed by atoms with Crippen LogP contribution < -0.4 is 9.64 Å². The van der Waals surface area contributed by atoms with Gasteiger partial charge in [0.25, 0.3) is 0 Å². The van der Waals surface area contributed by atoms with Crippen molar-refractivity contribution < 1.29 is 18.9 Å². The van der Waals surface area contributed by atoms with Gasteiger partial charge in [0.2, 0.25) is 0 Å². The maximum Gasteiger partial charge on any atom is 0.157 e. The molecule has 0 bridgehead atoms. The maximum atomic E-state index is 9.91. The van der Waals surface area contributed by atoms with Crippen LogP contribution in [0.15, 0.2) is 42.6 Å². The molecule has 2 aliphatic rings. The molecule has 0 atom stereocenters. The van der Waals surface area contributed by atoms with Gasteiger partial charge < -0.3 is 28.4 Å². The van der Waals surface area contributed by atoms with Gasteiger partial charge in [-0.25, -0.2) is 0 Å². The fraction of sp³-hybridized carbons (Fsp3) is 0.545. The first-order valence-corrected chi connectivity index (χ1v) is 18.8. The Morgan fingerprint density at radius 3 is 2.41 bits per heavy atom. The zero-order chi connectivity index (χ0) is 28.8. The summed E-state index contributed by atoms with van der Waals surface area (Å²) >= 11 is 0. The third-order valence-electron chi connectivity index (χ3n) is 8.28. The van der Waals surface area contributed by atoms with Crippen LogP contribution in [-0.4, -0.2) is 58.4 Å². The number of piperidine rings is 1. The van der Waals surface area contributed by atoms with E-state index in [4.69, 9.17) is 18.9 Å². The molecule has 2 fully saturated rings. The van der Waals surface area contributed by atoms with E-state index in [0.29, 0.717) is 32.5 Å². The second-order valence-corrected chi connectivity index (χ2v) is 18.2. The predicted octanol–water partition coefficient (Wildman–Crippen LogP) is 7.05. The van der Waals surface area contributed by atoms with E-state index in [2.05, 4.69) is 78.5 Å². The summed E-state index contributed by atoms with van der Waals surface area (Å²) in [5.41, 5.74) is 5.57. The van der Waals surface area contributed by atoms with Gasteiger partial charge in [0.1, 0.15) is 18.5 Å². The number of hydrogen-bond acceptors (Lipinski definition) is 6. The van der Waals surface area contributed by atoms with Gasteiger partial charge >= 0.3 is 0 Å². The zero-order valence-electron chi connectivity index (χ0n) is 25.2. The molecule has 2 saturated heterocycles. The molecule has 0 saturated carbocycles. The number of aromatic nitrogens is 1. The Morgan fingerprint density at radius 1 is 1.00 bits per heavy atom. The number of nitrogens with zero attached hydrogens (tertiary/aromatic N) is 3. The second-order valence-electron chi connectivity index (χ2n) is 12.6. The van der Waals surface area contributed by atoms with E-state index in [1.54, 1.807) is 0 Å². The standard InChI is InChI=1S/C33H45N3O4Si/c1-25-7-12-30(33-32(25)28(22-34)23-36(33)24-37-20-21-41(2,3)4)35-15-13-27(14-16-35)26-8-10-29(11-9-26)38-17-5-6-31-39-18-19-40-31/h7-12,23,27,31H,5-6,13-21,24H2,1-4H3. The van der Waals surface area contributed by atoms with Crippen molar-refractivity contribution >= 4 is 24.7 Å². The fourth-order valence-corrected chi connectivity index (χ4v) is 6.64. The summed E-state index contributed by atoms with van der Waals surface area (Å²) in [4.78, 5) is 2.49. The molecule has 8 heteroatoms. The van der Waals surface area contributed by atoms with Crippen LogP contribution in [0.2, 0.25) is 25.7 Å². The monoisotopic (exact) mass is 575 g/mol. The third kappa shape index (κ3) is 7.52. The molecule has 1 aromatic heterocycles. The molecule has 2 aliphatic heterocycles. The normalized spacial score (nSPS) is 16.9. The van der Waals surface area contributed by atoms with Gasteiger partial charge in [0.15, 0.2) is 6.29 Å². The van der Waals surface area contributed by atoms with Gasteiger partial charge in [0, 0.05) is 45.8 Å². The molecule has 0 amide bonds. The van der Waals surface area contributed by atoms with E-state index < -0.39 is 8.07 Å². The molecule has 220 valence electrons. The SMILES string of the molecule is Cc1ccc(N2CCC(c3ccc(OCCCC4OCCO4)cc3)CC2)c2c1c(C#N)cn2COCC[Si](C)(C)C. The molecule has 0 radical (unpaired) electrons. The van der Waals surface area contributed by atoms with Crippen molar-refractivity contribution in [3.05, 3.63) is 59.3 Å². The summed E-state index contributed by atoms with van der Waals surface area (Å²) in [6.45, 7) is 14.5. The fourth-order valence-electron chi connectivity index (χ4n) is 5.88. The molecule has 41 heavy (non-hydrogen) atoms. The molecule has 0 unspecified atom stereocenters. The summed E-state index contributed by atoms with van der Waals surface area (Å²) in [6.07, 6.45) is 5.89. The summed E-state index contributed by atoms with van der Waals surface area (Å²) in [6, 6.07) is 16.6. The molecule has 0 N–H and O–H groups in total. The molecular formula is C33H45N3O4Si. The predicted molar refractivity (Wildman–Crippen MR) is 167 cm³/mol. The Hall–Kier alpha value is -2.83. The minimum Gasteiger partial charge on any atom is -0.494 e. The molecular weight excluding hydrogens is 530 g/mol. The lowest BCUT2D eigenvalue weighted by atomic mass is 9.89. The smallest absolute Gasteiger partial charge is 0.157 e. The molecule has 0 spiro atoms. The molecule has 0 aliphatic carbocycles. The van der Waals surface area contributed by atoms with E-state index in [1.807, 2.05) is 6.20 Å². The van der Waals surface area contributed by atoms with Crippen LogP contribution in [0.3, 0.4) is 0 Å². The number of rotatable bonds is 12. The molecule has 7 nitrogen and oxygen atoms in total. The van der Waals surface area contributed by atoms with E-state index >= 15 is 0 Å². The Bertz CT molecular complexity index is 1330. The van der Waals surface area contributed by atoms with Gasteiger partial charge in [-0.2, -0.15) is 5.26 Å². The van der Waals surface area contributed by atoms with Crippen molar-refractivity contribution in [2.24, 2.45) is 0 Å². The molecule has 5 rings (SSSR count). The Kier molecular flexibility index (Phi) is 9.71. The molecule has 3 heterocycles. The van der Waals surface area contributed by atoms with Crippen molar-refractivity contribution in [3.8, 4) is 11.8 Å². The Labute approximate surface area is 245 Å². The van der Waals surface area contributed by atoms with Gasteiger partial charge in [-0.15, -0.1) is 0 Å². The number of hydrogen-bond donors (Lipinski definition) is 0. The molecule has 3 aromatic rings. The maximum absolute atomic E-state index is 9.91. The highest BCUT2D eigenvalue weighted by atomic mass is 28.3. The van der Waals surface area contributed by atoms with E-state index in [1.165, 1.54) is 11.3 Å². The van der Waals surface area contributed by atoms with Crippen molar-refractivity contribution in [2.45, 2.75) is 77.2 Å². The number of anilines is 1. The summed E-state index contributed by atoms with van der Waals surface area (Å²) < 4.78 is 25.2. The van der Waals surface area contributed by atoms with Crippen molar-refractivity contribution in [1.29, 1.82) is 5.26 Å². The van der Waals surface area contributed by atoms with Gasteiger partial charge in [0.05, 0.1) is 36.6 Å². The number of ether oxygens (including phenoxy) is 4. The highest BCUT2D eigenvalue weighted by Gasteiger charge is 2.25. The first-order valence-electron chi connectivity index (χ1n) is 15.1. The van der Waals surface area contributed by atoms with E-state index in [0.717, 1.165) is 79.2 Å². The third-order valence-corrected chi connectivity index (χ3v) is 9.99. The minimum absolute atomic E-state index is 0.0614. The van der Waals surface area contributed by atoms with Gasteiger partial charge in [-0.1, -0.05) is 37.8 Å². The van der Waals surface area contributed by atoms with E-state index in [-0.39, 0.29) is 6.29 Å². The van der Waals surface area contributed by atoms with Crippen LogP contribution in [0, 0.1) is 18.3 Å². The largest absolute Gasteiger partial charge is 0.494 e. The lowest BCUT2D eigenvalue weighted by Gasteiger charge is -2.34. The molecule has 2 aromatic carbocycles. The number of aryl methyl sites for hydroxylation is 1. The van der Waals surface area contributed by atoms with Crippen LogP contribution in [0.5, 0.6) is 5.75 Å². The Morgan fingerprint density at radius 2 is 1.73 bits per heavy atom. The number of fused-ring (bicyclic) bond motifs is 1. The highest BCUT2D eigenvalue weighted by Crippen LogP contribution is 2.37. The summed E-state index contributed by atoms with van der Waals surface area (Å²) in [7, 11) is -1.16. The minimum atomic E-state index is -1.16. The topological polar surface area (TPSA) is 68.9 Å². The number of benzene rings is 2.